The van der Waals surface area contributed by atoms with Gasteiger partial charge in [0.2, 0.25) is 0 Å². The van der Waals surface area contributed by atoms with E-state index in [1.807, 2.05) is 13.1 Å². The normalized spacial score (nSPS) is 17.2. The van der Waals surface area contributed by atoms with Crippen molar-refractivity contribution < 1.29 is 0 Å². The summed E-state index contributed by atoms with van der Waals surface area (Å²) in [5.41, 5.74) is 0. The molecule has 5 heteroatoms. The first kappa shape index (κ1) is 13.1. The van der Waals surface area contributed by atoms with Gasteiger partial charge in [-0.15, -0.1) is 0 Å². The Hall–Kier alpha value is -1.36. The topological polar surface area (TPSA) is 53.1 Å². The van der Waals surface area contributed by atoms with E-state index in [0.29, 0.717) is 12.1 Å². The van der Waals surface area contributed by atoms with Gasteiger partial charge in [0.25, 0.3) is 0 Å². The minimum Gasteiger partial charge on any atom is -0.368 e. The molecule has 0 saturated carbocycles. The quantitative estimate of drug-likeness (QED) is 0.846. The maximum Gasteiger partial charge on any atom is 0.134 e. The molecule has 0 unspecified atom stereocenters. The summed E-state index contributed by atoms with van der Waals surface area (Å²) in [6.45, 7) is 6.34. The molecule has 100 valence electrons. The fourth-order valence-corrected chi connectivity index (χ4v) is 2.29. The molecule has 2 heterocycles. The Balaban J connectivity index is 2.00. The van der Waals surface area contributed by atoms with E-state index in [1.54, 1.807) is 6.33 Å². The van der Waals surface area contributed by atoms with E-state index in [9.17, 15) is 0 Å². The summed E-state index contributed by atoms with van der Waals surface area (Å²) in [5, 5.41) is 6.66. The van der Waals surface area contributed by atoms with Crippen LogP contribution in [0.25, 0.3) is 0 Å². The van der Waals surface area contributed by atoms with Crippen LogP contribution in [0, 0.1) is 0 Å². The van der Waals surface area contributed by atoms with Gasteiger partial charge in [0.15, 0.2) is 0 Å². The van der Waals surface area contributed by atoms with Crippen LogP contribution in [0.5, 0.6) is 0 Å². The first-order chi connectivity index (χ1) is 8.69. The van der Waals surface area contributed by atoms with Gasteiger partial charge in [-0.3, -0.25) is 0 Å². The average Bonchev–Trinajstić information content (AvgIpc) is 2.38. The van der Waals surface area contributed by atoms with E-state index in [1.165, 1.54) is 12.8 Å². The molecular formula is C13H23N5. The molecule has 18 heavy (non-hydrogen) atoms. The average molecular weight is 249 g/mol. The number of hydrogen-bond acceptors (Lipinski definition) is 5. The molecule has 1 aromatic rings. The summed E-state index contributed by atoms with van der Waals surface area (Å²) in [4.78, 5) is 11.0. The fraction of sp³-hybridized carbons (Fsp3) is 0.692. The Morgan fingerprint density at radius 1 is 1.28 bits per heavy atom. The monoisotopic (exact) mass is 249 g/mol. The van der Waals surface area contributed by atoms with Gasteiger partial charge in [-0.25, -0.2) is 9.97 Å². The molecule has 5 nitrogen and oxygen atoms in total. The van der Waals surface area contributed by atoms with Crippen LogP contribution in [0.4, 0.5) is 11.6 Å². The Morgan fingerprint density at radius 2 is 2.00 bits per heavy atom. The summed E-state index contributed by atoms with van der Waals surface area (Å²) in [7, 11) is 2.04. The Kier molecular flexibility index (Phi) is 4.36. The summed E-state index contributed by atoms with van der Waals surface area (Å²) in [6.07, 6.45) is 3.99. The molecule has 1 aliphatic heterocycles. The highest BCUT2D eigenvalue weighted by atomic mass is 15.2. The molecule has 1 fully saturated rings. The van der Waals surface area contributed by atoms with Gasteiger partial charge in [0.1, 0.15) is 18.0 Å². The van der Waals surface area contributed by atoms with E-state index in [-0.39, 0.29) is 0 Å². The van der Waals surface area contributed by atoms with E-state index in [4.69, 9.17) is 0 Å². The maximum absolute atomic E-state index is 4.38. The van der Waals surface area contributed by atoms with Crippen LogP contribution in [-0.4, -0.2) is 42.2 Å². The third kappa shape index (κ3) is 3.32. The third-order valence-electron chi connectivity index (χ3n) is 3.32. The Labute approximate surface area is 109 Å². The lowest BCUT2D eigenvalue weighted by Crippen LogP contribution is -2.41. The Bertz CT molecular complexity index is 371. The number of piperidine rings is 1. The van der Waals surface area contributed by atoms with Crippen molar-refractivity contribution in [1.29, 1.82) is 0 Å². The van der Waals surface area contributed by atoms with Gasteiger partial charge in [0.05, 0.1) is 0 Å². The molecule has 0 atom stereocenters. The van der Waals surface area contributed by atoms with Gasteiger partial charge in [-0.05, 0) is 33.7 Å². The minimum absolute atomic E-state index is 0.391. The van der Waals surface area contributed by atoms with E-state index >= 15 is 0 Å². The van der Waals surface area contributed by atoms with Crippen LogP contribution in [0.1, 0.15) is 26.7 Å². The van der Waals surface area contributed by atoms with Crippen LogP contribution in [0.2, 0.25) is 0 Å². The molecule has 0 aliphatic carbocycles. The van der Waals surface area contributed by atoms with Gasteiger partial charge >= 0.3 is 0 Å². The van der Waals surface area contributed by atoms with Crippen LogP contribution in [0.3, 0.4) is 0 Å². The largest absolute Gasteiger partial charge is 0.368 e. The zero-order valence-corrected chi connectivity index (χ0v) is 11.5. The fourth-order valence-electron chi connectivity index (χ4n) is 2.29. The molecule has 0 spiro atoms. The SMILES string of the molecule is CNC1CCN(c2cc(NC(C)C)ncn2)CC1. The summed E-state index contributed by atoms with van der Waals surface area (Å²) >= 11 is 0. The molecule has 1 aliphatic rings. The zero-order chi connectivity index (χ0) is 13.0. The summed E-state index contributed by atoms with van der Waals surface area (Å²) in [5.74, 6) is 1.94. The minimum atomic E-state index is 0.391. The number of hydrogen-bond donors (Lipinski definition) is 2. The predicted octanol–water partition coefficient (Wildman–Crippen LogP) is 1.49. The lowest BCUT2D eigenvalue weighted by molar-refractivity contribution is 0.440. The standard InChI is InChI=1S/C13H23N5/c1-10(2)17-12-8-13(16-9-15-12)18-6-4-11(14-3)5-7-18/h8-11,14H,4-7H2,1-3H3,(H,15,16,17). The van der Waals surface area contributed by atoms with Gasteiger partial charge in [-0.2, -0.15) is 0 Å². The number of nitrogens with one attached hydrogen (secondary N) is 2. The van der Waals surface area contributed by atoms with E-state index in [2.05, 4.69) is 39.3 Å². The number of rotatable bonds is 4. The third-order valence-corrected chi connectivity index (χ3v) is 3.32. The van der Waals surface area contributed by atoms with Gasteiger partial charge in [0, 0.05) is 31.2 Å². The molecule has 0 bridgehead atoms. The first-order valence-electron chi connectivity index (χ1n) is 6.70. The van der Waals surface area contributed by atoms with Gasteiger partial charge in [-0.1, -0.05) is 0 Å². The molecule has 0 radical (unpaired) electrons. The van der Waals surface area contributed by atoms with Crippen LogP contribution in [-0.2, 0) is 0 Å². The highest BCUT2D eigenvalue weighted by Gasteiger charge is 2.19. The van der Waals surface area contributed by atoms with E-state index in [0.717, 1.165) is 24.7 Å². The second kappa shape index (κ2) is 6.00. The van der Waals surface area contributed by atoms with Crippen LogP contribution >= 0.6 is 0 Å². The lowest BCUT2D eigenvalue weighted by Gasteiger charge is -2.32. The van der Waals surface area contributed by atoms with Crippen LogP contribution < -0.4 is 15.5 Å². The molecular weight excluding hydrogens is 226 g/mol. The smallest absolute Gasteiger partial charge is 0.134 e. The molecule has 2 N–H and O–H groups in total. The summed E-state index contributed by atoms with van der Waals surface area (Å²) in [6, 6.07) is 3.08. The van der Waals surface area contributed by atoms with Crippen molar-refractivity contribution in [2.75, 3.05) is 30.4 Å². The van der Waals surface area contributed by atoms with Gasteiger partial charge < -0.3 is 15.5 Å². The zero-order valence-electron chi connectivity index (χ0n) is 11.5. The maximum atomic E-state index is 4.38. The number of anilines is 2. The summed E-state index contributed by atoms with van der Waals surface area (Å²) < 4.78 is 0. The highest BCUT2D eigenvalue weighted by molar-refractivity contribution is 5.49. The van der Waals surface area contributed by atoms with Crippen molar-refractivity contribution in [2.45, 2.75) is 38.8 Å². The second-order valence-electron chi connectivity index (χ2n) is 5.11. The first-order valence-corrected chi connectivity index (χ1v) is 6.70. The number of nitrogens with zero attached hydrogens (tertiary/aromatic N) is 3. The van der Waals surface area contributed by atoms with Crippen molar-refractivity contribution >= 4 is 11.6 Å². The molecule has 0 aromatic carbocycles. The Morgan fingerprint density at radius 3 is 2.61 bits per heavy atom. The van der Waals surface area contributed by atoms with Crippen molar-refractivity contribution in [1.82, 2.24) is 15.3 Å². The van der Waals surface area contributed by atoms with E-state index < -0.39 is 0 Å². The second-order valence-corrected chi connectivity index (χ2v) is 5.11. The molecule has 0 amide bonds. The van der Waals surface area contributed by atoms with Crippen molar-refractivity contribution in [2.24, 2.45) is 0 Å². The van der Waals surface area contributed by atoms with Crippen molar-refractivity contribution in [3.63, 3.8) is 0 Å². The lowest BCUT2D eigenvalue weighted by atomic mass is 10.1. The van der Waals surface area contributed by atoms with Crippen molar-refractivity contribution in [3.05, 3.63) is 12.4 Å². The van der Waals surface area contributed by atoms with Crippen LogP contribution in [0.15, 0.2) is 12.4 Å². The predicted molar refractivity (Wildman–Crippen MR) is 75.1 cm³/mol. The molecule has 1 saturated heterocycles. The van der Waals surface area contributed by atoms with Crippen molar-refractivity contribution in [3.8, 4) is 0 Å². The molecule has 1 aromatic heterocycles. The number of aromatic nitrogens is 2. The highest BCUT2D eigenvalue weighted by Crippen LogP contribution is 2.19. The molecule has 2 rings (SSSR count).